The van der Waals surface area contributed by atoms with Crippen LogP contribution in [-0.4, -0.2) is 32.9 Å². The predicted molar refractivity (Wildman–Crippen MR) is 81.6 cm³/mol. The van der Waals surface area contributed by atoms with Gasteiger partial charge in [-0.15, -0.1) is 0 Å². The summed E-state index contributed by atoms with van der Waals surface area (Å²) in [6.07, 6.45) is 2.63. The molecule has 1 aliphatic heterocycles. The first-order valence-electron chi connectivity index (χ1n) is 7.14. The summed E-state index contributed by atoms with van der Waals surface area (Å²) in [7, 11) is -2.30. The van der Waals surface area contributed by atoms with Crippen LogP contribution in [0.1, 0.15) is 19.3 Å². The second kappa shape index (κ2) is 5.73. The van der Waals surface area contributed by atoms with Gasteiger partial charge >= 0.3 is 5.63 Å². The van der Waals surface area contributed by atoms with Crippen LogP contribution in [-0.2, 0) is 10.0 Å². The maximum atomic E-state index is 12.6. The molecule has 22 heavy (non-hydrogen) atoms. The van der Waals surface area contributed by atoms with Crippen molar-refractivity contribution >= 4 is 21.0 Å². The van der Waals surface area contributed by atoms with E-state index in [1.807, 2.05) is 0 Å². The molecular formula is C15H17NO5S. The molecular weight excluding hydrogens is 306 g/mol. The quantitative estimate of drug-likeness (QED) is 0.807. The molecule has 3 rings (SSSR count). The lowest BCUT2D eigenvalue weighted by Gasteiger charge is -2.25. The minimum atomic E-state index is -3.82. The van der Waals surface area contributed by atoms with Crippen LogP contribution in [0.5, 0.6) is 5.75 Å². The fourth-order valence-electron chi connectivity index (χ4n) is 2.63. The van der Waals surface area contributed by atoms with Crippen LogP contribution in [0.4, 0.5) is 0 Å². The van der Waals surface area contributed by atoms with Crippen LogP contribution in [0.3, 0.4) is 0 Å². The predicted octanol–water partition coefficient (Wildman–Crippen LogP) is 1.98. The SMILES string of the molecule is COc1ccc2oc(=O)c(S(=O)(=O)N3CCCCC3)cc2c1. The number of benzene rings is 1. The maximum Gasteiger partial charge on any atom is 0.356 e. The average Bonchev–Trinajstić information content (AvgIpc) is 2.54. The zero-order valence-electron chi connectivity index (χ0n) is 12.2. The Balaban J connectivity index is 2.13. The molecule has 1 aliphatic rings. The van der Waals surface area contributed by atoms with E-state index in [1.54, 1.807) is 18.2 Å². The van der Waals surface area contributed by atoms with E-state index in [0.717, 1.165) is 19.3 Å². The molecule has 0 N–H and O–H groups in total. The fraction of sp³-hybridized carbons (Fsp3) is 0.400. The third-order valence-corrected chi connectivity index (χ3v) is 5.73. The maximum absolute atomic E-state index is 12.6. The molecule has 1 saturated heterocycles. The van der Waals surface area contributed by atoms with Gasteiger partial charge in [-0.05, 0) is 37.1 Å². The number of hydrogen-bond donors (Lipinski definition) is 0. The molecule has 0 unspecified atom stereocenters. The van der Waals surface area contributed by atoms with Crippen LogP contribution in [0.15, 0.2) is 38.4 Å². The summed E-state index contributed by atoms with van der Waals surface area (Å²) in [5.41, 5.74) is -0.494. The normalized spacial score (nSPS) is 16.8. The zero-order valence-corrected chi connectivity index (χ0v) is 13.1. The molecule has 118 valence electrons. The van der Waals surface area contributed by atoms with Crippen LogP contribution >= 0.6 is 0 Å². The lowest BCUT2D eigenvalue weighted by Crippen LogP contribution is -2.37. The van der Waals surface area contributed by atoms with Gasteiger partial charge in [0.15, 0.2) is 4.90 Å². The molecule has 0 amide bonds. The van der Waals surface area contributed by atoms with E-state index in [-0.39, 0.29) is 4.90 Å². The van der Waals surface area contributed by atoms with E-state index in [1.165, 1.54) is 17.5 Å². The molecule has 0 bridgehead atoms. The van der Waals surface area contributed by atoms with Crippen LogP contribution in [0.25, 0.3) is 11.0 Å². The van der Waals surface area contributed by atoms with E-state index >= 15 is 0 Å². The van der Waals surface area contributed by atoms with Gasteiger partial charge in [-0.25, -0.2) is 13.2 Å². The number of fused-ring (bicyclic) bond motifs is 1. The summed E-state index contributed by atoms with van der Waals surface area (Å²) in [6, 6.07) is 6.26. The number of piperidine rings is 1. The molecule has 0 radical (unpaired) electrons. The first-order valence-corrected chi connectivity index (χ1v) is 8.58. The van der Waals surface area contributed by atoms with Gasteiger partial charge in [0.25, 0.3) is 0 Å². The van der Waals surface area contributed by atoms with Crippen molar-refractivity contribution in [3.05, 3.63) is 34.7 Å². The first-order chi connectivity index (χ1) is 10.5. The van der Waals surface area contributed by atoms with Gasteiger partial charge in [0, 0.05) is 18.5 Å². The van der Waals surface area contributed by atoms with Crippen molar-refractivity contribution < 1.29 is 17.6 Å². The number of ether oxygens (including phenoxy) is 1. The Morgan fingerprint density at radius 1 is 1.14 bits per heavy atom. The van der Waals surface area contributed by atoms with Crippen LogP contribution in [0, 0.1) is 0 Å². The number of nitrogens with zero attached hydrogens (tertiary/aromatic N) is 1. The Bertz CT molecular complexity index is 850. The van der Waals surface area contributed by atoms with E-state index in [0.29, 0.717) is 29.8 Å². The van der Waals surface area contributed by atoms with Gasteiger partial charge in [0.05, 0.1) is 7.11 Å². The Morgan fingerprint density at radius 2 is 1.86 bits per heavy atom. The number of hydrogen-bond acceptors (Lipinski definition) is 5. The van der Waals surface area contributed by atoms with E-state index in [2.05, 4.69) is 0 Å². The zero-order chi connectivity index (χ0) is 15.7. The van der Waals surface area contributed by atoms with E-state index in [4.69, 9.17) is 9.15 Å². The molecule has 6 nitrogen and oxygen atoms in total. The van der Waals surface area contributed by atoms with Gasteiger partial charge in [-0.2, -0.15) is 4.31 Å². The Labute approximate surface area is 128 Å². The van der Waals surface area contributed by atoms with Gasteiger partial charge in [-0.3, -0.25) is 0 Å². The largest absolute Gasteiger partial charge is 0.497 e. The third-order valence-electron chi connectivity index (χ3n) is 3.84. The summed E-state index contributed by atoms with van der Waals surface area (Å²) in [5.74, 6) is 0.572. The molecule has 0 saturated carbocycles. The minimum Gasteiger partial charge on any atom is -0.497 e. The number of methoxy groups -OCH3 is 1. The monoisotopic (exact) mass is 323 g/mol. The summed E-state index contributed by atoms with van der Waals surface area (Å²) >= 11 is 0. The van der Waals surface area contributed by atoms with Gasteiger partial charge in [0.1, 0.15) is 11.3 Å². The smallest absolute Gasteiger partial charge is 0.356 e. The second-order valence-corrected chi connectivity index (χ2v) is 7.17. The van der Waals surface area contributed by atoms with Crippen molar-refractivity contribution in [2.75, 3.05) is 20.2 Å². The summed E-state index contributed by atoms with van der Waals surface area (Å²) in [4.78, 5) is 11.8. The second-order valence-electron chi connectivity index (χ2n) is 5.27. The van der Waals surface area contributed by atoms with Crippen LogP contribution < -0.4 is 10.4 Å². The first kappa shape index (κ1) is 15.1. The van der Waals surface area contributed by atoms with Crippen molar-refractivity contribution in [3.8, 4) is 5.75 Å². The summed E-state index contributed by atoms with van der Waals surface area (Å²) in [6.45, 7) is 0.885. The molecule has 1 fully saturated rings. The Hall–Kier alpha value is -1.86. The van der Waals surface area contributed by atoms with Crippen molar-refractivity contribution in [3.63, 3.8) is 0 Å². The van der Waals surface area contributed by atoms with Gasteiger partial charge < -0.3 is 9.15 Å². The Kier molecular flexibility index (Phi) is 3.92. The van der Waals surface area contributed by atoms with Crippen molar-refractivity contribution in [2.24, 2.45) is 0 Å². The minimum absolute atomic E-state index is 0.310. The highest BCUT2D eigenvalue weighted by molar-refractivity contribution is 7.89. The molecule has 2 aromatic rings. The number of sulfonamides is 1. The topological polar surface area (TPSA) is 76.8 Å². The highest BCUT2D eigenvalue weighted by atomic mass is 32.2. The van der Waals surface area contributed by atoms with Gasteiger partial charge in [0.2, 0.25) is 10.0 Å². The Morgan fingerprint density at radius 3 is 2.55 bits per heavy atom. The molecule has 7 heteroatoms. The fourth-order valence-corrected chi connectivity index (χ4v) is 4.18. The molecule has 0 atom stereocenters. The van der Waals surface area contributed by atoms with Crippen molar-refractivity contribution in [1.29, 1.82) is 0 Å². The highest BCUT2D eigenvalue weighted by Gasteiger charge is 2.29. The molecule has 1 aromatic carbocycles. The standard InChI is InChI=1S/C15H17NO5S/c1-20-12-5-6-13-11(9-12)10-14(15(17)21-13)22(18,19)16-7-3-2-4-8-16/h5-6,9-10H,2-4,7-8H2,1H3. The van der Waals surface area contributed by atoms with Crippen LogP contribution in [0.2, 0.25) is 0 Å². The third kappa shape index (κ3) is 2.62. The summed E-state index contributed by atoms with van der Waals surface area (Å²) < 4.78 is 36.9. The highest BCUT2D eigenvalue weighted by Crippen LogP contribution is 2.24. The molecule has 2 heterocycles. The van der Waals surface area contributed by atoms with Gasteiger partial charge in [-0.1, -0.05) is 6.42 Å². The number of rotatable bonds is 3. The van der Waals surface area contributed by atoms with E-state index in [9.17, 15) is 13.2 Å². The lowest BCUT2D eigenvalue weighted by molar-refractivity contribution is 0.345. The van der Waals surface area contributed by atoms with E-state index < -0.39 is 15.6 Å². The molecule has 1 aromatic heterocycles. The molecule has 0 spiro atoms. The average molecular weight is 323 g/mol. The summed E-state index contributed by atoms with van der Waals surface area (Å²) in [5, 5.41) is 0.523. The van der Waals surface area contributed by atoms with Crippen molar-refractivity contribution in [1.82, 2.24) is 4.31 Å². The lowest BCUT2D eigenvalue weighted by atomic mass is 10.2. The van der Waals surface area contributed by atoms with Crippen molar-refractivity contribution in [2.45, 2.75) is 24.2 Å². The molecule has 0 aliphatic carbocycles.